The van der Waals surface area contributed by atoms with Gasteiger partial charge in [0.2, 0.25) is 0 Å². The highest BCUT2D eigenvalue weighted by atomic mass is 16.1. The van der Waals surface area contributed by atoms with E-state index in [4.69, 9.17) is 0 Å². The fraction of sp³-hybridized carbons (Fsp3) is 0.938. The molecule has 102 valence electrons. The van der Waals surface area contributed by atoms with Gasteiger partial charge in [0.15, 0.2) is 0 Å². The van der Waals surface area contributed by atoms with Gasteiger partial charge >= 0.3 is 0 Å². The van der Waals surface area contributed by atoms with Crippen LogP contribution in [0.2, 0.25) is 0 Å². The average molecular weight is 249 g/mol. The molecule has 0 amide bonds. The molecule has 2 heteroatoms. The Morgan fingerprint density at radius 3 is 2.44 bits per heavy atom. The molecule has 0 heterocycles. The molecule has 3 rings (SSSR count). The number of hydrogen-bond acceptors (Lipinski definition) is 2. The lowest BCUT2D eigenvalue weighted by Crippen LogP contribution is -2.38. The first-order valence-electron chi connectivity index (χ1n) is 8.03. The Morgan fingerprint density at radius 2 is 1.83 bits per heavy atom. The van der Waals surface area contributed by atoms with Crippen LogP contribution in [0.25, 0.3) is 0 Å². The zero-order chi connectivity index (χ0) is 12.5. The third kappa shape index (κ3) is 3.14. The predicted octanol–water partition coefficient (Wildman–Crippen LogP) is 3.26. The van der Waals surface area contributed by atoms with Gasteiger partial charge in [0.1, 0.15) is 5.78 Å². The molecule has 3 saturated carbocycles. The molecular formula is C16H27NO. The summed E-state index contributed by atoms with van der Waals surface area (Å²) in [7, 11) is 0. The molecule has 3 aliphatic carbocycles. The number of carbonyl (C=O) groups is 1. The quantitative estimate of drug-likeness (QED) is 0.720. The van der Waals surface area contributed by atoms with Gasteiger partial charge in [-0.1, -0.05) is 13.3 Å². The maximum absolute atomic E-state index is 12.1. The van der Waals surface area contributed by atoms with E-state index in [1.54, 1.807) is 0 Å². The van der Waals surface area contributed by atoms with Crippen molar-refractivity contribution in [2.24, 2.45) is 17.8 Å². The Labute approximate surface area is 111 Å². The van der Waals surface area contributed by atoms with E-state index in [-0.39, 0.29) is 0 Å². The zero-order valence-corrected chi connectivity index (χ0v) is 11.7. The lowest BCUT2D eigenvalue weighted by molar-refractivity contribution is -0.126. The summed E-state index contributed by atoms with van der Waals surface area (Å²) >= 11 is 0. The predicted molar refractivity (Wildman–Crippen MR) is 73.4 cm³/mol. The van der Waals surface area contributed by atoms with Crippen LogP contribution in [0.5, 0.6) is 0 Å². The molecular weight excluding hydrogens is 222 g/mol. The first-order valence-corrected chi connectivity index (χ1v) is 8.03. The number of hydrogen-bond donors (Lipinski definition) is 0. The summed E-state index contributed by atoms with van der Waals surface area (Å²) in [6.07, 6.45) is 10.1. The third-order valence-electron chi connectivity index (χ3n) is 5.16. The SMILES string of the molecule is CCC1CCC(=O)C(CN(CC2CC2)C2CC2)C1. The Hall–Kier alpha value is -0.370. The number of nitrogens with zero attached hydrogens (tertiary/aromatic N) is 1. The minimum atomic E-state index is 0.364. The van der Waals surface area contributed by atoms with Crippen molar-refractivity contribution in [1.29, 1.82) is 0 Å². The van der Waals surface area contributed by atoms with E-state index < -0.39 is 0 Å². The summed E-state index contributed by atoms with van der Waals surface area (Å²) < 4.78 is 0. The van der Waals surface area contributed by atoms with E-state index in [1.165, 1.54) is 45.1 Å². The molecule has 0 bridgehead atoms. The van der Waals surface area contributed by atoms with Gasteiger partial charge in [-0.2, -0.15) is 0 Å². The number of Topliss-reactive ketones (excluding diaryl/α,β-unsaturated/α-hetero) is 1. The second-order valence-electron chi connectivity index (χ2n) is 6.84. The van der Waals surface area contributed by atoms with Crippen molar-refractivity contribution < 1.29 is 4.79 Å². The van der Waals surface area contributed by atoms with Crippen molar-refractivity contribution in [3.05, 3.63) is 0 Å². The second-order valence-corrected chi connectivity index (χ2v) is 6.84. The van der Waals surface area contributed by atoms with Gasteiger partial charge in [0.05, 0.1) is 0 Å². The average Bonchev–Trinajstić information content (AvgIpc) is 3.24. The van der Waals surface area contributed by atoms with Gasteiger partial charge in [0.25, 0.3) is 0 Å². The largest absolute Gasteiger partial charge is 0.299 e. The van der Waals surface area contributed by atoms with Crippen LogP contribution in [-0.2, 0) is 4.79 Å². The van der Waals surface area contributed by atoms with Crippen molar-refractivity contribution in [3.63, 3.8) is 0 Å². The normalized spacial score (nSPS) is 33.1. The van der Waals surface area contributed by atoms with Gasteiger partial charge in [-0.05, 0) is 50.4 Å². The van der Waals surface area contributed by atoms with Crippen molar-refractivity contribution in [2.75, 3.05) is 13.1 Å². The highest BCUT2D eigenvalue weighted by Crippen LogP contribution is 2.37. The van der Waals surface area contributed by atoms with Crippen LogP contribution in [0.1, 0.15) is 58.3 Å². The summed E-state index contributed by atoms with van der Waals surface area (Å²) in [6, 6.07) is 0.834. The molecule has 2 nitrogen and oxygen atoms in total. The molecule has 0 saturated heterocycles. The van der Waals surface area contributed by atoms with Crippen LogP contribution in [-0.4, -0.2) is 29.8 Å². The lowest BCUT2D eigenvalue weighted by Gasteiger charge is -2.32. The van der Waals surface area contributed by atoms with E-state index in [0.717, 1.165) is 37.3 Å². The van der Waals surface area contributed by atoms with E-state index in [0.29, 0.717) is 11.7 Å². The maximum atomic E-state index is 12.1. The smallest absolute Gasteiger partial charge is 0.137 e. The van der Waals surface area contributed by atoms with Crippen LogP contribution in [0.4, 0.5) is 0 Å². The van der Waals surface area contributed by atoms with Crippen LogP contribution in [0.15, 0.2) is 0 Å². The molecule has 0 aromatic rings. The van der Waals surface area contributed by atoms with E-state index in [1.807, 2.05) is 0 Å². The van der Waals surface area contributed by atoms with E-state index in [9.17, 15) is 4.79 Å². The minimum Gasteiger partial charge on any atom is -0.299 e. The molecule has 0 aromatic heterocycles. The standard InChI is InChI=1S/C16H27NO/c1-2-12-5-8-16(18)14(9-12)11-17(15-6-7-15)10-13-3-4-13/h12-15H,2-11H2,1H3. The highest BCUT2D eigenvalue weighted by Gasteiger charge is 2.37. The van der Waals surface area contributed by atoms with Gasteiger partial charge in [-0.25, -0.2) is 0 Å². The maximum Gasteiger partial charge on any atom is 0.137 e. The van der Waals surface area contributed by atoms with E-state index >= 15 is 0 Å². The van der Waals surface area contributed by atoms with Gasteiger partial charge in [-0.3, -0.25) is 9.69 Å². The first kappa shape index (κ1) is 12.7. The molecule has 3 aliphatic rings. The Balaban J connectivity index is 1.55. The summed E-state index contributed by atoms with van der Waals surface area (Å²) in [6.45, 7) is 4.64. The molecule has 18 heavy (non-hydrogen) atoms. The molecule has 2 atom stereocenters. The van der Waals surface area contributed by atoms with Crippen LogP contribution in [0.3, 0.4) is 0 Å². The summed E-state index contributed by atoms with van der Waals surface area (Å²) in [5.74, 6) is 2.70. The Bertz CT molecular complexity index is 306. The van der Waals surface area contributed by atoms with Crippen molar-refractivity contribution in [1.82, 2.24) is 4.90 Å². The first-order chi connectivity index (χ1) is 8.76. The van der Waals surface area contributed by atoms with Crippen LogP contribution < -0.4 is 0 Å². The molecule has 3 fully saturated rings. The monoisotopic (exact) mass is 249 g/mol. The summed E-state index contributed by atoms with van der Waals surface area (Å²) in [4.78, 5) is 14.8. The zero-order valence-electron chi connectivity index (χ0n) is 11.7. The number of carbonyl (C=O) groups excluding carboxylic acids is 1. The molecule has 0 N–H and O–H groups in total. The van der Waals surface area contributed by atoms with Crippen molar-refractivity contribution >= 4 is 5.78 Å². The summed E-state index contributed by atoms with van der Waals surface area (Å²) in [5.41, 5.74) is 0. The highest BCUT2D eigenvalue weighted by molar-refractivity contribution is 5.82. The molecule has 2 unspecified atom stereocenters. The molecule has 0 spiro atoms. The van der Waals surface area contributed by atoms with Crippen molar-refractivity contribution in [2.45, 2.75) is 64.3 Å². The van der Waals surface area contributed by atoms with Crippen LogP contribution >= 0.6 is 0 Å². The van der Waals surface area contributed by atoms with Gasteiger partial charge in [-0.15, -0.1) is 0 Å². The topological polar surface area (TPSA) is 20.3 Å². The molecule has 0 aliphatic heterocycles. The van der Waals surface area contributed by atoms with Gasteiger partial charge in [0, 0.05) is 31.5 Å². The lowest BCUT2D eigenvalue weighted by atomic mass is 9.79. The fourth-order valence-corrected chi connectivity index (χ4v) is 3.48. The third-order valence-corrected chi connectivity index (χ3v) is 5.16. The summed E-state index contributed by atoms with van der Waals surface area (Å²) in [5, 5.41) is 0. The van der Waals surface area contributed by atoms with E-state index in [2.05, 4.69) is 11.8 Å². The fourth-order valence-electron chi connectivity index (χ4n) is 3.48. The number of ketones is 1. The number of rotatable bonds is 6. The molecule has 0 aromatic carbocycles. The Morgan fingerprint density at radius 1 is 1.06 bits per heavy atom. The Kier molecular flexibility index (Phi) is 3.74. The molecule has 0 radical (unpaired) electrons. The van der Waals surface area contributed by atoms with Crippen LogP contribution in [0, 0.1) is 17.8 Å². The van der Waals surface area contributed by atoms with Gasteiger partial charge < -0.3 is 0 Å². The second kappa shape index (κ2) is 5.32. The minimum absolute atomic E-state index is 0.364. The van der Waals surface area contributed by atoms with Crippen molar-refractivity contribution in [3.8, 4) is 0 Å².